The molecular formula is C21H30N4O3. The van der Waals surface area contributed by atoms with E-state index in [0.29, 0.717) is 6.54 Å². The number of aryl methyl sites for hydroxylation is 1. The van der Waals surface area contributed by atoms with Crippen LogP contribution in [0.15, 0.2) is 58.4 Å². The van der Waals surface area contributed by atoms with Crippen molar-refractivity contribution in [1.82, 2.24) is 15.2 Å². The van der Waals surface area contributed by atoms with Crippen LogP contribution < -0.4 is 25.7 Å². The van der Waals surface area contributed by atoms with Crippen LogP contribution >= 0.6 is 0 Å². The molecule has 0 fully saturated rings. The molecule has 0 spiro atoms. The van der Waals surface area contributed by atoms with Crippen molar-refractivity contribution in [1.29, 1.82) is 0 Å². The second kappa shape index (κ2) is 11.7. The summed E-state index contributed by atoms with van der Waals surface area (Å²) in [5.41, 5.74) is 0.0389. The Morgan fingerprint density at radius 2 is 1.86 bits per heavy atom. The molecule has 1 aromatic heterocycles. The number of benzene rings is 1. The van der Waals surface area contributed by atoms with E-state index in [1.807, 2.05) is 43.5 Å². The van der Waals surface area contributed by atoms with Gasteiger partial charge in [0.2, 0.25) is 5.56 Å². The number of rotatable bonds is 10. The fourth-order valence-electron chi connectivity index (χ4n) is 2.69. The van der Waals surface area contributed by atoms with Crippen molar-refractivity contribution in [3.05, 3.63) is 59.0 Å². The second-order valence-electron chi connectivity index (χ2n) is 6.40. The summed E-state index contributed by atoms with van der Waals surface area (Å²) in [6, 6.07) is 12.8. The highest BCUT2D eigenvalue weighted by molar-refractivity contribution is 5.79. The molecule has 1 aromatic carbocycles. The third-order valence-corrected chi connectivity index (χ3v) is 4.20. The van der Waals surface area contributed by atoms with Crippen LogP contribution in [-0.2, 0) is 6.54 Å². The van der Waals surface area contributed by atoms with Gasteiger partial charge < -0.3 is 24.7 Å². The van der Waals surface area contributed by atoms with Crippen molar-refractivity contribution < 1.29 is 9.47 Å². The van der Waals surface area contributed by atoms with Crippen molar-refractivity contribution in [2.24, 2.45) is 4.99 Å². The molecule has 0 saturated carbocycles. The Kier molecular flexibility index (Phi) is 8.91. The summed E-state index contributed by atoms with van der Waals surface area (Å²) in [5.74, 6) is 2.17. The summed E-state index contributed by atoms with van der Waals surface area (Å²) in [6.45, 7) is 4.10. The van der Waals surface area contributed by atoms with E-state index < -0.39 is 0 Å². The van der Waals surface area contributed by atoms with Gasteiger partial charge in [0.05, 0.1) is 13.7 Å². The number of guanidine groups is 1. The summed E-state index contributed by atoms with van der Waals surface area (Å²) >= 11 is 0. The molecular weight excluding hydrogens is 356 g/mol. The minimum absolute atomic E-state index is 0.0389. The largest absolute Gasteiger partial charge is 0.493 e. The molecule has 152 valence electrons. The maximum Gasteiger partial charge on any atom is 0.250 e. The van der Waals surface area contributed by atoms with Gasteiger partial charge in [-0.1, -0.05) is 18.2 Å². The third-order valence-electron chi connectivity index (χ3n) is 4.20. The predicted molar refractivity (Wildman–Crippen MR) is 112 cm³/mol. The standard InChI is InChI=1S/C21H30N4O3/c1-17(28-19-11-5-4-10-18(19)27-3)16-24-21(22-2)23-13-7-9-15-25-14-8-6-12-20(25)26/h4-6,8,10-12,14,17H,7,9,13,15-16H2,1-3H3,(H2,22,23,24). The van der Waals surface area contributed by atoms with Crippen LogP contribution in [0.4, 0.5) is 0 Å². The average molecular weight is 386 g/mol. The van der Waals surface area contributed by atoms with Gasteiger partial charge in [-0.3, -0.25) is 9.79 Å². The molecule has 0 saturated heterocycles. The quantitative estimate of drug-likeness (QED) is 0.372. The highest BCUT2D eigenvalue weighted by Gasteiger charge is 2.09. The first-order chi connectivity index (χ1) is 13.6. The number of ether oxygens (including phenoxy) is 2. The minimum atomic E-state index is -0.0557. The molecule has 2 N–H and O–H groups in total. The van der Waals surface area contributed by atoms with E-state index in [0.717, 1.165) is 43.4 Å². The summed E-state index contributed by atoms with van der Waals surface area (Å²) in [6.07, 6.45) is 3.62. The highest BCUT2D eigenvalue weighted by atomic mass is 16.5. The number of nitrogens with one attached hydrogen (secondary N) is 2. The Balaban J connectivity index is 1.67. The van der Waals surface area contributed by atoms with E-state index in [2.05, 4.69) is 15.6 Å². The number of aromatic nitrogens is 1. The number of hydrogen-bond donors (Lipinski definition) is 2. The van der Waals surface area contributed by atoms with Crippen LogP contribution in [0.2, 0.25) is 0 Å². The molecule has 1 unspecified atom stereocenters. The number of methoxy groups -OCH3 is 1. The van der Waals surface area contributed by atoms with Crippen molar-refractivity contribution in [2.75, 3.05) is 27.2 Å². The minimum Gasteiger partial charge on any atom is -0.493 e. The van der Waals surface area contributed by atoms with Crippen LogP contribution in [0.3, 0.4) is 0 Å². The molecule has 2 rings (SSSR count). The Hall–Kier alpha value is -2.96. The number of nitrogens with zero attached hydrogens (tertiary/aromatic N) is 2. The van der Waals surface area contributed by atoms with Crippen LogP contribution in [-0.4, -0.2) is 43.9 Å². The summed E-state index contributed by atoms with van der Waals surface area (Å²) < 4.78 is 13.0. The molecule has 2 aromatic rings. The Morgan fingerprint density at radius 1 is 1.11 bits per heavy atom. The van der Waals surface area contributed by atoms with E-state index in [1.165, 1.54) is 0 Å². The lowest BCUT2D eigenvalue weighted by Gasteiger charge is -2.19. The van der Waals surface area contributed by atoms with Gasteiger partial charge in [-0.25, -0.2) is 0 Å². The lowest BCUT2D eigenvalue weighted by atomic mass is 10.3. The summed E-state index contributed by atoms with van der Waals surface area (Å²) in [4.78, 5) is 15.9. The highest BCUT2D eigenvalue weighted by Crippen LogP contribution is 2.26. The van der Waals surface area contributed by atoms with Crippen LogP contribution in [0.5, 0.6) is 11.5 Å². The van der Waals surface area contributed by atoms with Crippen molar-refractivity contribution in [2.45, 2.75) is 32.4 Å². The van der Waals surface area contributed by atoms with E-state index in [-0.39, 0.29) is 11.7 Å². The zero-order valence-electron chi connectivity index (χ0n) is 16.9. The SMILES string of the molecule is CN=C(NCCCCn1ccccc1=O)NCC(C)Oc1ccccc1OC. The van der Waals surface area contributed by atoms with E-state index in [4.69, 9.17) is 9.47 Å². The third kappa shape index (κ3) is 6.98. The first kappa shape index (κ1) is 21.3. The Morgan fingerprint density at radius 3 is 2.57 bits per heavy atom. The number of aliphatic imine (C=N–C) groups is 1. The number of pyridine rings is 1. The molecule has 0 aliphatic carbocycles. The molecule has 1 atom stereocenters. The Labute approximate surface area is 166 Å². The zero-order chi connectivity index (χ0) is 20.2. The topological polar surface area (TPSA) is 76.9 Å². The first-order valence-corrected chi connectivity index (χ1v) is 9.53. The van der Waals surface area contributed by atoms with Gasteiger partial charge in [0.25, 0.3) is 0 Å². The van der Waals surface area contributed by atoms with Gasteiger partial charge >= 0.3 is 0 Å². The summed E-state index contributed by atoms with van der Waals surface area (Å²) in [7, 11) is 3.37. The molecule has 7 heteroatoms. The van der Waals surface area contributed by atoms with Gasteiger partial charge in [-0.2, -0.15) is 0 Å². The number of para-hydroxylation sites is 2. The maximum atomic E-state index is 11.7. The molecule has 0 amide bonds. The van der Waals surface area contributed by atoms with Gasteiger partial charge in [-0.15, -0.1) is 0 Å². The molecule has 7 nitrogen and oxygen atoms in total. The van der Waals surface area contributed by atoms with Crippen LogP contribution in [0, 0.1) is 0 Å². The fraction of sp³-hybridized carbons (Fsp3) is 0.429. The molecule has 1 heterocycles. The lowest BCUT2D eigenvalue weighted by Crippen LogP contribution is -2.42. The smallest absolute Gasteiger partial charge is 0.250 e. The molecule has 28 heavy (non-hydrogen) atoms. The molecule has 0 bridgehead atoms. The first-order valence-electron chi connectivity index (χ1n) is 9.53. The van der Waals surface area contributed by atoms with Gasteiger partial charge in [-0.05, 0) is 38.0 Å². The fourth-order valence-corrected chi connectivity index (χ4v) is 2.69. The van der Waals surface area contributed by atoms with Gasteiger partial charge in [0, 0.05) is 32.4 Å². The van der Waals surface area contributed by atoms with E-state index >= 15 is 0 Å². The van der Waals surface area contributed by atoms with E-state index in [1.54, 1.807) is 30.9 Å². The lowest BCUT2D eigenvalue weighted by molar-refractivity contribution is 0.213. The zero-order valence-corrected chi connectivity index (χ0v) is 16.9. The Bertz CT molecular complexity index is 804. The van der Waals surface area contributed by atoms with E-state index in [9.17, 15) is 4.79 Å². The molecule has 0 radical (unpaired) electrons. The van der Waals surface area contributed by atoms with Gasteiger partial charge in [0.1, 0.15) is 6.10 Å². The number of unbranched alkanes of at least 4 members (excludes halogenated alkanes) is 1. The van der Waals surface area contributed by atoms with Gasteiger partial charge in [0.15, 0.2) is 17.5 Å². The molecule has 0 aliphatic rings. The number of hydrogen-bond acceptors (Lipinski definition) is 4. The normalized spacial score (nSPS) is 12.3. The van der Waals surface area contributed by atoms with Crippen molar-refractivity contribution in [3.8, 4) is 11.5 Å². The summed E-state index contributed by atoms with van der Waals surface area (Å²) in [5, 5.41) is 6.55. The average Bonchev–Trinajstić information content (AvgIpc) is 2.71. The van der Waals surface area contributed by atoms with Crippen LogP contribution in [0.25, 0.3) is 0 Å². The van der Waals surface area contributed by atoms with Crippen molar-refractivity contribution in [3.63, 3.8) is 0 Å². The van der Waals surface area contributed by atoms with Crippen molar-refractivity contribution >= 4 is 5.96 Å². The maximum absolute atomic E-state index is 11.7. The monoisotopic (exact) mass is 386 g/mol. The second-order valence-corrected chi connectivity index (χ2v) is 6.40. The van der Waals surface area contributed by atoms with Crippen LogP contribution in [0.1, 0.15) is 19.8 Å². The predicted octanol–water partition coefficient (Wildman–Crippen LogP) is 2.27. The molecule has 0 aliphatic heterocycles.